The van der Waals surface area contributed by atoms with E-state index in [2.05, 4.69) is 43.4 Å². The monoisotopic (exact) mass is 261 g/mol. The average molecular weight is 261 g/mol. The number of carbonyl (C=O) groups is 1. The van der Waals surface area contributed by atoms with Gasteiger partial charge in [-0.15, -0.1) is 0 Å². The van der Waals surface area contributed by atoms with Crippen molar-refractivity contribution in [1.29, 1.82) is 0 Å². The maximum atomic E-state index is 11.2. The third-order valence-corrected chi connectivity index (χ3v) is 4.24. The van der Waals surface area contributed by atoms with Crippen LogP contribution in [0.1, 0.15) is 50.2 Å². The molecule has 0 aromatic heterocycles. The van der Waals surface area contributed by atoms with Gasteiger partial charge in [-0.1, -0.05) is 38.1 Å². The van der Waals surface area contributed by atoms with Gasteiger partial charge in [-0.25, -0.2) is 0 Å². The van der Waals surface area contributed by atoms with E-state index in [-0.39, 0.29) is 11.8 Å². The highest BCUT2D eigenvalue weighted by atomic mass is 16.4. The topological polar surface area (TPSA) is 49.3 Å². The molecule has 19 heavy (non-hydrogen) atoms. The van der Waals surface area contributed by atoms with Gasteiger partial charge in [-0.2, -0.15) is 0 Å². The summed E-state index contributed by atoms with van der Waals surface area (Å²) in [4.78, 5) is 11.2. The first kappa shape index (κ1) is 14.1. The first-order chi connectivity index (χ1) is 9.03. The fourth-order valence-corrected chi connectivity index (χ4v) is 2.98. The van der Waals surface area contributed by atoms with Crippen molar-refractivity contribution in [3.8, 4) is 0 Å². The third kappa shape index (κ3) is 3.16. The van der Waals surface area contributed by atoms with Gasteiger partial charge in [0, 0.05) is 5.41 Å². The van der Waals surface area contributed by atoms with Gasteiger partial charge in [-0.3, -0.25) is 4.79 Å². The van der Waals surface area contributed by atoms with Crippen LogP contribution in [0.25, 0.3) is 0 Å². The standard InChI is InChI=1S/C16H23NO2/c1-12(2)13-3-5-14(6-4-13)16(11-15(18)19)7-9-17-10-8-16/h3-6,12,17H,7-11H2,1-2H3,(H,18,19). The zero-order valence-electron chi connectivity index (χ0n) is 11.8. The summed E-state index contributed by atoms with van der Waals surface area (Å²) in [5.41, 5.74) is 2.30. The van der Waals surface area contributed by atoms with Gasteiger partial charge in [0.1, 0.15) is 0 Å². The summed E-state index contributed by atoms with van der Waals surface area (Å²) in [6.45, 7) is 6.15. The molecule has 0 bridgehead atoms. The predicted octanol–water partition coefficient (Wildman–Crippen LogP) is 2.91. The Morgan fingerprint density at radius 3 is 2.32 bits per heavy atom. The van der Waals surface area contributed by atoms with E-state index in [9.17, 15) is 9.90 Å². The molecule has 0 radical (unpaired) electrons. The van der Waals surface area contributed by atoms with E-state index in [1.807, 2.05) is 0 Å². The zero-order chi connectivity index (χ0) is 13.9. The van der Waals surface area contributed by atoms with E-state index in [0.29, 0.717) is 5.92 Å². The molecule has 2 N–H and O–H groups in total. The highest BCUT2D eigenvalue weighted by molar-refractivity contribution is 5.69. The minimum atomic E-state index is -0.699. The summed E-state index contributed by atoms with van der Waals surface area (Å²) in [7, 11) is 0. The van der Waals surface area contributed by atoms with Crippen molar-refractivity contribution in [3.05, 3.63) is 35.4 Å². The van der Waals surface area contributed by atoms with Crippen LogP contribution < -0.4 is 5.32 Å². The van der Waals surface area contributed by atoms with Crippen LogP contribution in [0.4, 0.5) is 0 Å². The molecule has 0 amide bonds. The third-order valence-electron chi connectivity index (χ3n) is 4.24. The number of carboxylic acids is 1. The van der Waals surface area contributed by atoms with Crippen LogP contribution in [0.5, 0.6) is 0 Å². The number of nitrogens with one attached hydrogen (secondary N) is 1. The molecule has 0 spiro atoms. The van der Waals surface area contributed by atoms with Gasteiger partial charge in [0.05, 0.1) is 6.42 Å². The quantitative estimate of drug-likeness (QED) is 0.876. The maximum Gasteiger partial charge on any atom is 0.304 e. The van der Waals surface area contributed by atoms with E-state index in [0.717, 1.165) is 25.9 Å². The number of piperidine rings is 1. The lowest BCUT2D eigenvalue weighted by molar-refractivity contribution is -0.138. The first-order valence-corrected chi connectivity index (χ1v) is 7.06. The normalized spacial score (nSPS) is 18.5. The Labute approximate surface area is 115 Å². The molecule has 0 aliphatic carbocycles. The molecule has 1 fully saturated rings. The van der Waals surface area contributed by atoms with Gasteiger partial charge in [0.15, 0.2) is 0 Å². The molecular formula is C16H23NO2. The second-order valence-corrected chi connectivity index (χ2v) is 5.88. The zero-order valence-corrected chi connectivity index (χ0v) is 11.8. The Morgan fingerprint density at radius 2 is 1.84 bits per heavy atom. The van der Waals surface area contributed by atoms with Crippen LogP contribution in [0, 0.1) is 0 Å². The SMILES string of the molecule is CC(C)c1ccc(C2(CC(=O)O)CCNCC2)cc1. The Hall–Kier alpha value is -1.35. The van der Waals surface area contributed by atoms with Crippen LogP contribution in [0.15, 0.2) is 24.3 Å². The second kappa shape index (κ2) is 5.74. The summed E-state index contributed by atoms with van der Waals surface area (Å²) in [5.74, 6) is -0.188. The Balaban J connectivity index is 2.29. The average Bonchev–Trinajstić information content (AvgIpc) is 2.39. The largest absolute Gasteiger partial charge is 0.481 e. The lowest BCUT2D eigenvalue weighted by atomic mass is 9.70. The molecule has 1 aromatic rings. The molecule has 1 aliphatic rings. The minimum absolute atomic E-state index is 0.188. The van der Waals surface area contributed by atoms with Crippen molar-refractivity contribution in [2.75, 3.05) is 13.1 Å². The molecule has 1 aliphatic heterocycles. The molecule has 1 heterocycles. The number of benzene rings is 1. The van der Waals surface area contributed by atoms with Gasteiger partial charge in [0.2, 0.25) is 0 Å². The number of carboxylic acid groups (broad SMARTS) is 1. The highest BCUT2D eigenvalue weighted by Gasteiger charge is 2.36. The van der Waals surface area contributed by atoms with Gasteiger partial charge in [0.25, 0.3) is 0 Å². The number of aliphatic carboxylic acids is 1. The Bertz CT molecular complexity index is 431. The van der Waals surface area contributed by atoms with Gasteiger partial charge in [-0.05, 0) is 43.0 Å². The molecule has 3 nitrogen and oxygen atoms in total. The molecule has 0 saturated carbocycles. The number of hydrogen-bond donors (Lipinski definition) is 2. The van der Waals surface area contributed by atoms with Crippen molar-refractivity contribution in [3.63, 3.8) is 0 Å². The van der Waals surface area contributed by atoms with Gasteiger partial charge >= 0.3 is 5.97 Å². The van der Waals surface area contributed by atoms with E-state index in [4.69, 9.17) is 0 Å². The molecule has 2 rings (SSSR count). The molecule has 0 unspecified atom stereocenters. The van der Waals surface area contributed by atoms with Crippen LogP contribution in [0.3, 0.4) is 0 Å². The fraction of sp³-hybridized carbons (Fsp3) is 0.562. The van der Waals surface area contributed by atoms with Crippen molar-refractivity contribution < 1.29 is 9.90 Å². The van der Waals surface area contributed by atoms with Crippen LogP contribution >= 0.6 is 0 Å². The molecule has 0 atom stereocenters. The van der Waals surface area contributed by atoms with Gasteiger partial charge < -0.3 is 10.4 Å². The lowest BCUT2D eigenvalue weighted by Gasteiger charge is -2.37. The molecule has 1 saturated heterocycles. The summed E-state index contributed by atoms with van der Waals surface area (Å²) in [6.07, 6.45) is 2.04. The lowest BCUT2D eigenvalue weighted by Crippen LogP contribution is -2.41. The van der Waals surface area contributed by atoms with Crippen molar-refractivity contribution >= 4 is 5.97 Å². The van der Waals surface area contributed by atoms with E-state index >= 15 is 0 Å². The highest BCUT2D eigenvalue weighted by Crippen LogP contribution is 2.37. The van der Waals surface area contributed by atoms with Crippen LogP contribution in [-0.2, 0) is 10.2 Å². The van der Waals surface area contributed by atoms with Crippen LogP contribution in [-0.4, -0.2) is 24.2 Å². The smallest absolute Gasteiger partial charge is 0.304 e. The Morgan fingerprint density at radius 1 is 1.26 bits per heavy atom. The molecule has 3 heteroatoms. The predicted molar refractivity (Wildman–Crippen MR) is 76.6 cm³/mol. The van der Waals surface area contributed by atoms with E-state index in [1.54, 1.807) is 0 Å². The van der Waals surface area contributed by atoms with Crippen LogP contribution in [0.2, 0.25) is 0 Å². The molecule has 104 valence electrons. The van der Waals surface area contributed by atoms with Crippen molar-refractivity contribution in [2.24, 2.45) is 0 Å². The van der Waals surface area contributed by atoms with E-state index < -0.39 is 5.97 Å². The maximum absolute atomic E-state index is 11.2. The Kier molecular flexibility index (Phi) is 4.25. The van der Waals surface area contributed by atoms with Crippen molar-refractivity contribution in [1.82, 2.24) is 5.32 Å². The van der Waals surface area contributed by atoms with E-state index in [1.165, 1.54) is 11.1 Å². The fourth-order valence-electron chi connectivity index (χ4n) is 2.98. The first-order valence-electron chi connectivity index (χ1n) is 7.06. The molecule has 1 aromatic carbocycles. The summed E-state index contributed by atoms with van der Waals surface area (Å²) in [5, 5.41) is 12.5. The summed E-state index contributed by atoms with van der Waals surface area (Å²) in [6, 6.07) is 8.55. The minimum Gasteiger partial charge on any atom is -0.481 e. The number of rotatable bonds is 4. The van der Waals surface area contributed by atoms with Crippen molar-refractivity contribution in [2.45, 2.75) is 44.4 Å². The molecular weight excluding hydrogens is 238 g/mol. The summed E-state index contributed by atoms with van der Waals surface area (Å²) < 4.78 is 0. The number of hydrogen-bond acceptors (Lipinski definition) is 2. The summed E-state index contributed by atoms with van der Waals surface area (Å²) >= 11 is 0. The second-order valence-electron chi connectivity index (χ2n) is 5.88.